The largest absolute Gasteiger partial charge is 0.396 e. The average Bonchev–Trinajstić information content (AvgIpc) is 2.62. The van der Waals surface area contributed by atoms with E-state index in [1.165, 1.54) is 0 Å². The van der Waals surface area contributed by atoms with E-state index in [2.05, 4.69) is 24.1 Å². The SMILES string of the molecule is Cn1ccnc1CNCC(C)(C)CCCO. The second-order valence-electron chi connectivity index (χ2n) is 5.05. The monoisotopic (exact) mass is 225 g/mol. The van der Waals surface area contributed by atoms with Crippen LogP contribution in [-0.2, 0) is 13.6 Å². The van der Waals surface area contributed by atoms with Crippen LogP contribution in [0.15, 0.2) is 12.4 Å². The second kappa shape index (κ2) is 6.01. The van der Waals surface area contributed by atoms with Gasteiger partial charge in [0.25, 0.3) is 0 Å². The van der Waals surface area contributed by atoms with Gasteiger partial charge in [-0.3, -0.25) is 0 Å². The first-order chi connectivity index (χ1) is 7.55. The van der Waals surface area contributed by atoms with E-state index in [9.17, 15) is 0 Å². The molecule has 0 spiro atoms. The van der Waals surface area contributed by atoms with Crippen LogP contribution in [-0.4, -0.2) is 27.8 Å². The molecule has 1 heterocycles. The Balaban J connectivity index is 2.27. The quantitative estimate of drug-likeness (QED) is 0.735. The molecule has 0 atom stereocenters. The number of imidazole rings is 1. The number of aliphatic hydroxyl groups excluding tert-OH is 1. The van der Waals surface area contributed by atoms with E-state index in [-0.39, 0.29) is 12.0 Å². The highest BCUT2D eigenvalue weighted by molar-refractivity contribution is 4.90. The van der Waals surface area contributed by atoms with Gasteiger partial charge in [-0.25, -0.2) is 4.98 Å². The Morgan fingerprint density at radius 2 is 2.25 bits per heavy atom. The molecule has 16 heavy (non-hydrogen) atoms. The Bertz CT molecular complexity index is 307. The fourth-order valence-corrected chi connectivity index (χ4v) is 1.73. The smallest absolute Gasteiger partial charge is 0.122 e. The molecule has 92 valence electrons. The molecule has 0 unspecified atom stereocenters. The van der Waals surface area contributed by atoms with Gasteiger partial charge < -0.3 is 15.0 Å². The first kappa shape index (κ1) is 13.2. The Morgan fingerprint density at radius 1 is 1.50 bits per heavy atom. The maximum atomic E-state index is 8.81. The van der Waals surface area contributed by atoms with Crippen molar-refractivity contribution in [1.29, 1.82) is 0 Å². The minimum Gasteiger partial charge on any atom is -0.396 e. The fourth-order valence-electron chi connectivity index (χ4n) is 1.73. The van der Waals surface area contributed by atoms with E-state index >= 15 is 0 Å². The first-order valence-corrected chi connectivity index (χ1v) is 5.83. The van der Waals surface area contributed by atoms with Crippen LogP contribution in [0.3, 0.4) is 0 Å². The average molecular weight is 225 g/mol. The number of nitrogens with one attached hydrogen (secondary N) is 1. The molecule has 0 fully saturated rings. The van der Waals surface area contributed by atoms with Gasteiger partial charge in [0.2, 0.25) is 0 Å². The molecule has 2 N–H and O–H groups in total. The molecule has 0 radical (unpaired) electrons. The Hall–Kier alpha value is -0.870. The van der Waals surface area contributed by atoms with Crippen molar-refractivity contribution >= 4 is 0 Å². The summed E-state index contributed by atoms with van der Waals surface area (Å²) in [6, 6.07) is 0. The highest BCUT2D eigenvalue weighted by atomic mass is 16.2. The summed E-state index contributed by atoms with van der Waals surface area (Å²) in [7, 11) is 2.00. The van der Waals surface area contributed by atoms with Gasteiger partial charge in [-0.1, -0.05) is 13.8 Å². The molecule has 4 nitrogen and oxygen atoms in total. The van der Waals surface area contributed by atoms with Crippen LogP contribution in [0.1, 0.15) is 32.5 Å². The molecule has 0 saturated carbocycles. The first-order valence-electron chi connectivity index (χ1n) is 5.83. The lowest BCUT2D eigenvalue weighted by Crippen LogP contribution is -2.30. The third-order valence-corrected chi connectivity index (χ3v) is 2.82. The van der Waals surface area contributed by atoms with Crippen LogP contribution in [0.4, 0.5) is 0 Å². The zero-order valence-electron chi connectivity index (χ0n) is 10.5. The second-order valence-corrected chi connectivity index (χ2v) is 5.05. The van der Waals surface area contributed by atoms with Gasteiger partial charge in [-0.05, 0) is 18.3 Å². The Labute approximate surface area is 97.7 Å². The number of hydrogen-bond donors (Lipinski definition) is 2. The molecular formula is C12H23N3O. The van der Waals surface area contributed by atoms with Crippen molar-refractivity contribution in [2.24, 2.45) is 12.5 Å². The highest BCUT2D eigenvalue weighted by Gasteiger charge is 2.16. The molecule has 0 aliphatic carbocycles. The number of aryl methyl sites for hydroxylation is 1. The lowest BCUT2D eigenvalue weighted by molar-refractivity contribution is 0.236. The van der Waals surface area contributed by atoms with Gasteiger partial charge in [0.15, 0.2) is 0 Å². The normalized spacial score (nSPS) is 12.0. The number of aliphatic hydroxyl groups is 1. The molecule has 0 bridgehead atoms. The summed E-state index contributed by atoms with van der Waals surface area (Å²) in [6.45, 7) is 6.46. The molecule has 1 aromatic heterocycles. The van der Waals surface area contributed by atoms with E-state index < -0.39 is 0 Å². The summed E-state index contributed by atoms with van der Waals surface area (Å²) in [5, 5.41) is 12.2. The molecule has 0 saturated heterocycles. The summed E-state index contributed by atoms with van der Waals surface area (Å²) < 4.78 is 2.02. The van der Waals surface area contributed by atoms with Crippen molar-refractivity contribution in [1.82, 2.24) is 14.9 Å². The number of hydrogen-bond acceptors (Lipinski definition) is 3. The maximum Gasteiger partial charge on any atom is 0.122 e. The van der Waals surface area contributed by atoms with Crippen LogP contribution in [0.2, 0.25) is 0 Å². The molecule has 0 aromatic carbocycles. The van der Waals surface area contributed by atoms with E-state index in [0.29, 0.717) is 0 Å². The van der Waals surface area contributed by atoms with Crippen LogP contribution in [0, 0.1) is 5.41 Å². The van der Waals surface area contributed by atoms with Gasteiger partial charge in [-0.15, -0.1) is 0 Å². The minimum atomic E-state index is 0.230. The Morgan fingerprint density at radius 3 is 2.81 bits per heavy atom. The third-order valence-electron chi connectivity index (χ3n) is 2.82. The molecular weight excluding hydrogens is 202 g/mol. The highest BCUT2D eigenvalue weighted by Crippen LogP contribution is 2.20. The van der Waals surface area contributed by atoms with Gasteiger partial charge in [-0.2, -0.15) is 0 Å². The van der Waals surface area contributed by atoms with Crippen molar-refractivity contribution < 1.29 is 5.11 Å². The molecule has 1 rings (SSSR count). The summed E-state index contributed by atoms with van der Waals surface area (Å²) in [4.78, 5) is 4.26. The van der Waals surface area contributed by atoms with Crippen molar-refractivity contribution in [3.05, 3.63) is 18.2 Å². The predicted molar refractivity (Wildman–Crippen MR) is 65.0 cm³/mol. The van der Waals surface area contributed by atoms with Gasteiger partial charge >= 0.3 is 0 Å². The van der Waals surface area contributed by atoms with E-state index in [4.69, 9.17) is 5.11 Å². The van der Waals surface area contributed by atoms with Crippen LogP contribution in [0.5, 0.6) is 0 Å². The van der Waals surface area contributed by atoms with Crippen LogP contribution in [0.25, 0.3) is 0 Å². The number of rotatable bonds is 7. The number of aromatic nitrogens is 2. The Kier molecular flexibility index (Phi) is 4.96. The van der Waals surface area contributed by atoms with Gasteiger partial charge in [0.05, 0.1) is 6.54 Å². The molecule has 0 aliphatic heterocycles. The topological polar surface area (TPSA) is 50.1 Å². The molecule has 0 aliphatic rings. The van der Waals surface area contributed by atoms with E-state index in [1.54, 1.807) is 0 Å². The van der Waals surface area contributed by atoms with Crippen molar-refractivity contribution in [3.63, 3.8) is 0 Å². The molecule has 1 aromatic rings. The molecule has 0 amide bonds. The zero-order chi connectivity index (χ0) is 12.0. The van der Waals surface area contributed by atoms with Crippen LogP contribution < -0.4 is 5.32 Å². The zero-order valence-corrected chi connectivity index (χ0v) is 10.5. The van der Waals surface area contributed by atoms with Crippen molar-refractivity contribution in [2.45, 2.75) is 33.2 Å². The van der Waals surface area contributed by atoms with Gasteiger partial charge in [0.1, 0.15) is 5.82 Å². The third kappa shape index (κ3) is 4.33. The summed E-state index contributed by atoms with van der Waals surface area (Å²) in [6.07, 6.45) is 5.68. The van der Waals surface area contributed by atoms with Crippen LogP contribution >= 0.6 is 0 Å². The standard InChI is InChI=1S/C12H23N3O/c1-12(2,5-4-8-16)10-13-9-11-14-6-7-15(11)3/h6-7,13,16H,4-5,8-10H2,1-3H3. The molecule has 4 heteroatoms. The number of nitrogens with zero attached hydrogens (tertiary/aromatic N) is 2. The summed E-state index contributed by atoms with van der Waals surface area (Å²) in [5.41, 5.74) is 0.230. The lowest BCUT2D eigenvalue weighted by Gasteiger charge is -2.24. The fraction of sp³-hybridized carbons (Fsp3) is 0.750. The van der Waals surface area contributed by atoms with Crippen molar-refractivity contribution in [2.75, 3.05) is 13.2 Å². The predicted octanol–water partition coefficient (Wildman–Crippen LogP) is 1.31. The lowest BCUT2D eigenvalue weighted by atomic mass is 9.88. The minimum absolute atomic E-state index is 0.230. The maximum absolute atomic E-state index is 8.81. The summed E-state index contributed by atoms with van der Waals surface area (Å²) >= 11 is 0. The van der Waals surface area contributed by atoms with Gasteiger partial charge in [0, 0.05) is 32.6 Å². The van der Waals surface area contributed by atoms with E-state index in [1.807, 2.05) is 24.0 Å². The summed E-state index contributed by atoms with van der Waals surface area (Å²) in [5.74, 6) is 1.05. The van der Waals surface area contributed by atoms with E-state index in [0.717, 1.165) is 31.8 Å². The van der Waals surface area contributed by atoms with Crippen molar-refractivity contribution in [3.8, 4) is 0 Å².